The lowest BCUT2D eigenvalue weighted by Gasteiger charge is -2.27. The number of fused-ring (bicyclic) bond motifs is 1. The minimum atomic E-state index is -0.214. The molecule has 0 spiro atoms. The summed E-state index contributed by atoms with van der Waals surface area (Å²) in [5.41, 5.74) is 3.24. The lowest BCUT2D eigenvalue weighted by Crippen LogP contribution is -2.41. The molecule has 7 heteroatoms. The van der Waals surface area contributed by atoms with Gasteiger partial charge in [-0.3, -0.25) is 14.6 Å². The van der Waals surface area contributed by atoms with E-state index in [9.17, 15) is 9.59 Å². The Labute approximate surface area is 146 Å². The minimum Gasteiger partial charge on any atom is -0.383 e. The summed E-state index contributed by atoms with van der Waals surface area (Å²) in [7, 11) is 1.62. The van der Waals surface area contributed by atoms with Gasteiger partial charge in [-0.1, -0.05) is 6.07 Å². The molecule has 0 saturated carbocycles. The molecule has 2 aromatic rings. The average molecular weight is 342 g/mol. The summed E-state index contributed by atoms with van der Waals surface area (Å²) in [5, 5.41) is 3.02. The number of aromatic nitrogens is 3. The van der Waals surface area contributed by atoms with Crippen LogP contribution in [-0.2, 0) is 24.1 Å². The van der Waals surface area contributed by atoms with E-state index >= 15 is 0 Å². The molecular weight excluding hydrogens is 320 g/mol. The number of pyridine rings is 1. The highest BCUT2D eigenvalue weighted by atomic mass is 16.5. The number of hydrogen-bond donors (Lipinski definition) is 1. The first-order valence-electron chi connectivity index (χ1n) is 8.38. The summed E-state index contributed by atoms with van der Waals surface area (Å²) in [6.45, 7) is 2.88. The molecule has 0 unspecified atom stereocenters. The molecule has 3 rings (SSSR count). The second kappa shape index (κ2) is 7.57. The van der Waals surface area contributed by atoms with Crippen LogP contribution in [0.15, 0.2) is 29.3 Å². The molecule has 7 nitrogen and oxygen atoms in total. The van der Waals surface area contributed by atoms with Gasteiger partial charge in [0.25, 0.3) is 11.5 Å². The summed E-state index contributed by atoms with van der Waals surface area (Å²) in [6, 6.07) is 3.48. The van der Waals surface area contributed by atoms with Crippen LogP contribution in [0.25, 0.3) is 0 Å². The molecule has 25 heavy (non-hydrogen) atoms. The maximum Gasteiger partial charge on any atom is 0.271 e. The number of carbonyl (C=O) groups is 1. The third-order valence-electron chi connectivity index (χ3n) is 4.45. The van der Waals surface area contributed by atoms with Crippen molar-refractivity contribution in [3.8, 4) is 0 Å². The standard InChI is InChI=1S/C18H22N4O3/c1-12-10-20-15(11-19-12)18(24)21-14-4-5-16-13(9-14)3-6-17(23)22(16)7-8-25-2/h3,6,10-11,14H,4-5,7-9H2,1-2H3,(H,21,24)/t14-/m0/s1. The molecule has 2 aromatic heterocycles. The molecule has 0 saturated heterocycles. The maximum atomic E-state index is 12.3. The van der Waals surface area contributed by atoms with Crippen LogP contribution in [0.4, 0.5) is 0 Å². The Balaban J connectivity index is 1.72. The summed E-state index contributed by atoms with van der Waals surface area (Å²) in [6.07, 6.45) is 5.31. The fourth-order valence-corrected chi connectivity index (χ4v) is 3.14. The third kappa shape index (κ3) is 3.93. The monoisotopic (exact) mass is 342 g/mol. The molecule has 0 aromatic carbocycles. The Morgan fingerprint density at radius 1 is 1.36 bits per heavy atom. The van der Waals surface area contributed by atoms with E-state index in [2.05, 4.69) is 15.3 Å². The Morgan fingerprint density at radius 2 is 2.20 bits per heavy atom. The zero-order valence-electron chi connectivity index (χ0n) is 14.5. The van der Waals surface area contributed by atoms with Gasteiger partial charge in [-0.2, -0.15) is 0 Å². The van der Waals surface area contributed by atoms with Crippen molar-refractivity contribution in [1.29, 1.82) is 0 Å². The number of rotatable bonds is 5. The fourth-order valence-electron chi connectivity index (χ4n) is 3.14. The van der Waals surface area contributed by atoms with Gasteiger partial charge in [0.15, 0.2) is 0 Å². The van der Waals surface area contributed by atoms with Crippen LogP contribution in [0.2, 0.25) is 0 Å². The third-order valence-corrected chi connectivity index (χ3v) is 4.45. The molecule has 2 heterocycles. The molecule has 1 N–H and O–H groups in total. The first-order chi connectivity index (χ1) is 12.1. The number of hydrogen-bond acceptors (Lipinski definition) is 5. The molecule has 0 fully saturated rings. The van der Waals surface area contributed by atoms with E-state index in [4.69, 9.17) is 4.74 Å². The highest BCUT2D eigenvalue weighted by molar-refractivity contribution is 5.92. The molecule has 1 atom stereocenters. The predicted molar refractivity (Wildman–Crippen MR) is 92.6 cm³/mol. The molecule has 1 aliphatic rings. The van der Waals surface area contributed by atoms with Crippen molar-refractivity contribution < 1.29 is 9.53 Å². The summed E-state index contributed by atoms with van der Waals surface area (Å²) >= 11 is 0. The van der Waals surface area contributed by atoms with Crippen molar-refractivity contribution in [2.45, 2.75) is 38.8 Å². The van der Waals surface area contributed by atoms with Gasteiger partial charge >= 0.3 is 0 Å². The zero-order chi connectivity index (χ0) is 17.8. The van der Waals surface area contributed by atoms with Crippen molar-refractivity contribution in [3.63, 3.8) is 0 Å². The van der Waals surface area contributed by atoms with Crippen molar-refractivity contribution >= 4 is 5.91 Å². The average Bonchev–Trinajstić information content (AvgIpc) is 2.61. The SMILES string of the molecule is COCCn1c2c(ccc1=O)C[C@@H](NC(=O)c1cnc(C)cn1)CC2. The van der Waals surface area contributed by atoms with Gasteiger partial charge in [-0.15, -0.1) is 0 Å². The predicted octanol–water partition coefficient (Wildman–Crippen LogP) is 0.880. The number of ether oxygens (including phenoxy) is 1. The van der Waals surface area contributed by atoms with E-state index < -0.39 is 0 Å². The first-order valence-corrected chi connectivity index (χ1v) is 8.38. The van der Waals surface area contributed by atoms with Gasteiger partial charge in [-0.25, -0.2) is 4.98 Å². The topological polar surface area (TPSA) is 86.1 Å². The van der Waals surface area contributed by atoms with Gasteiger partial charge < -0.3 is 14.6 Å². The quantitative estimate of drug-likeness (QED) is 0.872. The highest BCUT2D eigenvalue weighted by Gasteiger charge is 2.23. The van der Waals surface area contributed by atoms with Crippen LogP contribution in [-0.4, -0.2) is 40.2 Å². The van der Waals surface area contributed by atoms with Crippen LogP contribution < -0.4 is 10.9 Å². The maximum absolute atomic E-state index is 12.3. The van der Waals surface area contributed by atoms with E-state index in [1.807, 2.05) is 13.0 Å². The second-order valence-electron chi connectivity index (χ2n) is 6.24. The highest BCUT2D eigenvalue weighted by Crippen LogP contribution is 2.20. The lowest BCUT2D eigenvalue weighted by molar-refractivity contribution is 0.0927. The smallest absolute Gasteiger partial charge is 0.271 e. The molecule has 1 aliphatic carbocycles. The van der Waals surface area contributed by atoms with Crippen LogP contribution in [0.1, 0.15) is 33.9 Å². The van der Waals surface area contributed by atoms with Crippen molar-refractivity contribution in [1.82, 2.24) is 19.9 Å². The van der Waals surface area contributed by atoms with Gasteiger partial charge in [0, 0.05) is 37.7 Å². The Hall–Kier alpha value is -2.54. The van der Waals surface area contributed by atoms with Gasteiger partial charge in [0.05, 0.1) is 18.5 Å². The normalized spacial score (nSPS) is 16.3. The number of nitrogens with zero attached hydrogens (tertiary/aromatic N) is 3. The lowest BCUT2D eigenvalue weighted by atomic mass is 9.91. The zero-order valence-corrected chi connectivity index (χ0v) is 14.5. The minimum absolute atomic E-state index is 0.00628. The van der Waals surface area contributed by atoms with Crippen molar-refractivity contribution in [3.05, 3.63) is 57.5 Å². The van der Waals surface area contributed by atoms with E-state index in [1.54, 1.807) is 23.9 Å². The Kier molecular flexibility index (Phi) is 5.23. The molecule has 1 amide bonds. The summed E-state index contributed by atoms with van der Waals surface area (Å²) < 4.78 is 6.87. The van der Waals surface area contributed by atoms with Gasteiger partial charge in [0.1, 0.15) is 5.69 Å². The van der Waals surface area contributed by atoms with Crippen LogP contribution in [0, 0.1) is 6.92 Å². The van der Waals surface area contributed by atoms with Crippen molar-refractivity contribution in [2.75, 3.05) is 13.7 Å². The van der Waals surface area contributed by atoms with Gasteiger partial charge in [-0.05, 0) is 31.7 Å². The van der Waals surface area contributed by atoms with E-state index in [0.29, 0.717) is 25.3 Å². The van der Waals surface area contributed by atoms with E-state index in [0.717, 1.165) is 29.8 Å². The van der Waals surface area contributed by atoms with E-state index in [1.165, 1.54) is 6.20 Å². The summed E-state index contributed by atoms with van der Waals surface area (Å²) in [4.78, 5) is 32.6. The molecule has 132 valence electrons. The Morgan fingerprint density at radius 3 is 2.92 bits per heavy atom. The molecule has 0 aliphatic heterocycles. The first kappa shape index (κ1) is 17.3. The molecular formula is C18H22N4O3. The van der Waals surface area contributed by atoms with Crippen LogP contribution in [0.5, 0.6) is 0 Å². The van der Waals surface area contributed by atoms with Crippen LogP contribution >= 0.6 is 0 Å². The second-order valence-corrected chi connectivity index (χ2v) is 6.24. The number of amides is 1. The van der Waals surface area contributed by atoms with E-state index in [-0.39, 0.29) is 17.5 Å². The number of methoxy groups -OCH3 is 1. The number of nitrogens with one attached hydrogen (secondary N) is 1. The van der Waals surface area contributed by atoms with Gasteiger partial charge in [0.2, 0.25) is 0 Å². The van der Waals surface area contributed by atoms with Crippen molar-refractivity contribution in [2.24, 2.45) is 0 Å². The van der Waals surface area contributed by atoms with Crippen LogP contribution in [0.3, 0.4) is 0 Å². The summed E-state index contributed by atoms with van der Waals surface area (Å²) in [5.74, 6) is -0.214. The fraction of sp³-hybridized carbons (Fsp3) is 0.444. The molecule has 0 radical (unpaired) electrons. The Bertz CT molecular complexity index is 814. The largest absolute Gasteiger partial charge is 0.383 e. The molecule has 0 bridgehead atoms. The number of aryl methyl sites for hydroxylation is 1. The number of carbonyl (C=O) groups excluding carboxylic acids is 1.